The smallest absolute Gasteiger partial charge is 0.228 e. The van der Waals surface area contributed by atoms with Crippen LogP contribution in [-0.2, 0) is 4.79 Å². The molecule has 2 aliphatic rings. The number of aromatic nitrogens is 3. The Labute approximate surface area is 159 Å². The molecular weight excluding hydrogens is 340 g/mol. The van der Waals surface area contributed by atoms with Crippen LogP contribution in [0.1, 0.15) is 32.1 Å². The van der Waals surface area contributed by atoms with Crippen molar-refractivity contribution in [1.29, 1.82) is 0 Å². The van der Waals surface area contributed by atoms with E-state index < -0.39 is 0 Å². The molecular formula is C20H26N6O. The second kappa shape index (κ2) is 8.33. The molecule has 4 rings (SSSR count). The molecule has 0 unspecified atom stereocenters. The molecule has 3 heterocycles. The highest BCUT2D eigenvalue weighted by Crippen LogP contribution is 2.25. The van der Waals surface area contributed by atoms with Gasteiger partial charge in [-0.05, 0) is 31.0 Å². The number of pyridine rings is 1. The van der Waals surface area contributed by atoms with Crippen LogP contribution in [-0.4, -0.2) is 47.0 Å². The number of anilines is 3. The molecule has 1 saturated heterocycles. The molecule has 1 aliphatic heterocycles. The first kappa shape index (κ1) is 17.7. The van der Waals surface area contributed by atoms with Gasteiger partial charge in [-0.1, -0.05) is 19.3 Å². The largest absolute Gasteiger partial charge is 0.367 e. The highest BCUT2D eigenvalue weighted by molar-refractivity contribution is 5.91. The molecule has 2 fully saturated rings. The van der Waals surface area contributed by atoms with Crippen molar-refractivity contribution in [3.63, 3.8) is 0 Å². The lowest BCUT2D eigenvalue weighted by Gasteiger charge is -2.35. The van der Waals surface area contributed by atoms with Crippen LogP contribution in [0.5, 0.6) is 0 Å². The summed E-state index contributed by atoms with van der Waals surface area (Å²) in [6, 6.07) is 5.78. The Morgan fingerprint density at radius 3 is 2.30 bits per heavy atom. The molecule has 0 atom stereocenters. The second-order valence-electron chi connectivity index (χ2n) is 7.25. The fourth-order valence-electron chi connectivity index (χ4n) is 3.86. The number of piperazine rings is 1. The molecule has 7 heteroatoms. The minimum Gasteiger partial charge on any atom is -0.367 e. The zero-order chi connectivity index (χ0) is 18.5. The van der Waals surface area contributed by atoms with Gasteiger partial charge in [-0.2, -0.15) is 0 Å². The van der Waals surface area contributed by atoms with Crippen molar-refractivity contribution in [2.45, 2.75) is 32.1 Å². The summed E-state index contributed by atoms with van der Waals surface area (Å²) in [5.41, 5.74) is 1.08. The number of hydrogen-bond donors (Lipinski definition) is 1. The van der Waals surface area contributed by atoms with Crippen molar-refractivity contribution < 1.29 is 4.79 Å². The van der Waals surface area contributed by atoms with Crippen molar-refractivity contribution in [1.82, 2.24) is 15.0 Å². The van der Waals surface area contributed by atoms with Crippen LogP contribution in [0.2, 0.25) is 0 Å². The number of hydrogen-bond acceptors (Lipinski definition) is 6. The number of amides is 1. The van der Waals surface area contributed by atoms with Crippen molar-refractivity contribution in [3.05, 3.63) is 36.8 Å². The monoisotopic (exact) mass is 366 g/mol. The Bertz CT molecular complexity index is 737. The van der Waals surface area contributed by atoms with Gasteiger partial charge in [0.05, 0.1) is 11.9 Å². The average molecular weight is 366 g/mol. The van der Waals surface area contributed by atoms with Gasteiger partial charge in [0.2, 0.25) is 11.9 Å². The Morgan fingerprint density at radius 1 is 0.926 bits per heavy atom. The van der Waals surface area contributed by atoms with Crippen LogP contribution in [0.3, 0.4) is 0 Å². The van der Waals surface area contributed by atoms with Gasteiger partial charge in [-0.3, -0.25) is 4.79 Å². The summed E-state index contributed by atoms with van der Waals surface area (Å²) in [5, 5.41) is 2.98. The molecule has 2 aromatic heterocycles. The molecule has 7 nitrogen and oxygen atoms in total. The third kappa shape index (κ3) is 4.35. The van der Waals surface area contributed by atoms with Crippen molar-refractivity contribution >= 4 is 23.4 Å². The number of carbonyl (C=O) groups is 1. The highest BCUT2D eigenvalue weighted by Gasteiger charge is 2.22. The van der Waals surface area contributed by atoms with Crippen molar-refractivity contribution in [2.75, 3.05) is 41.3 Å². The zero-order valence-corrected chi connectivity index (χ0v) is 15.5. The van der Waals surface area contributed by atoms with Crippen LogP contribution >= 0.6 is 0 Å². The van der Waals surface area contributed by atoms with E-state index in [9.17, 15) is 4.79 Å². The summed E-state index contributed by atoms with van der Waals surface area (Å²) in [6.07, 6.45) is 11.0. The summed E-state index contributed by atoms with van der Waals surface area (Å²) < 4.78 is 0. The maximum absolute atomic E-state index is 12.3. The molecule has 1 N–H and O–H groups in total. The zero-order valence-electron chi connectivity index (χ0n) is 15.5. The Balaban J connectivity index is 1.31. The first-order valence-electron chi connectivity index (χ1n) is 9.83. The third-order valence-electron chi connectivity index (χ3n) is 5.45. The topological polar surface area (TPSA) is 74.2 Å². The third-order valence-corrected chi connectivity index (χ3v) is 5.45. The fourth-order valence-corrected chi connectivity index (χ4v) is 3.86. The van der Waals surface area contributed by atoms with E-state index in [1.165, 1.54) is 6.42 Å². The molecule has 1 saturated carbocycles. The average Bonchev–Trinajstić information content (AvgIpc) is 2.76. The van der Waals surface area contributed by atoms with E-state index in [4.69, 9.17) is 0 Å². The Kier molecular flexibility index (Phi) is 5.46. The molecule has 1 aliphatic carbocycles. The minimum absolute atomic E-state index is 0.117. The lowest BCUT2D eigenvalue weighted by molar-refractivity contribution is -0.120. The van der Waals surface area contributed by atoms with E-state index in [1.807, 2.05) is 24.4 Å². The van der Waals surface area contributed by atoms with Gasteiger partial charge in [0.15, 0.2) is 0 Å². The predicted octanol–water partition coefficient (Wildman–Crippen LogP) is 2.72. The highest BCUT2D eigenvalue weighted by atomic mass is 16.1. The second-order valence-corrected chi connectivity index (χ2v) is 7.25. The van der Waals surface area contributed by atoms with E-state index in [0.717, 1.165) is 63.5 Å². The quantitative estimate of drug-likeness (QED) is 0.897. The van der Waals surface area contributed by atoms with E-state index in [1.54, 1.807) is 12.4 Å². The van der Waals surface area contributed by atoms with Gasteiger partial charge in [0, 0.05) is 44.5 Å². The van der Waals surface area contributed by atoms with Gasteiger partial charge in [0.1, 0.15) is 5.82 Å². The van der Waals surface area contributed by atoms with Gasteiger partial charge in [0.25, 0.3) is 0 Å². The minimum atomic E-state index is 0.117. The summed E-state index contributed by atoms with van der Waals surface area (Å²) in [7, 11) is 0. The van der Waals surface area contributed by atoms with E-state index in [-0.39, 0.29) is 11.8 Å². The van der Waals surface area contributed by atoms with E-state index in [2.05, 4.69) is 30.1 Å². The summed E-state index contributed by atoms with van der Waals surface area (Å²) in [5.74, 6) is 1.70. The van der Waals surface area contributed by atoms with Crippen LogP contribution in [0.15, 0.2) is 36.8 Å². The number of nitrogens with zero attached hydrogens (tertiary/aromatic N) is 5. The predicted molar refractivity (Wildman–Crippen MR) is 106 cm³/mol. The van der Waals surface area contributed by atoms with Crippen molar-refractivity contribution in [2.24, 2.45) is 5.92 Å². The van der Waals surface area contributed by atoms with Crippen LogP contribution in [0.4, 0.5) is 17.5 Å². The normalized spacial score (nSPS) is 18.4. The maximum Gasteiger partial charge on any atom is 0.228 e. The van der Waals surface area contributed by atoms with Crippen molar-refractivity contribution in [3.8, 4) is 0 Å². The first-order valence-corrected chi connectivity index (χ1v) is 9.83. The Hall–Kier alpha value is -2.70. The number of rotatable bonds is 4. The van der Waals surface area contributed by atoms with Crippen LogP contribution < -0.4 is 15.1 Å². The molecule has 0 spiro atoms. The summed E-state index contributed by atoms with van der Waals surface area (Å²) >= 11 is 0. The fraction of sp³-hybridized carbons (Fsp3) is 0.500. The van der Waals surface area contributed by atoms with Gasteiger partial charge in [-0.25, -0.2) is 15.0 Å². The van der Waals surface area contributed by atoms with Gasteiger partial charge < -0.3 is 15.1 Å². The van der Waals surface area contributed by atoms with Gasteiger partial charge >= 0.3 is 0 Å². The first-order chi connectivity index (χ1) is 13.3. The lowest BCUT2D eigenvalue weighted by Crippen LogP contribution is -2.47. The SMILES string of the molecule is O=C(Nc1ccc(N2CCN(c3ncccn3)CC2)cn1)C1CCCCC1. The Morgan fingerprint density at radius 2 is 1.63 bits per heavy atom. The summed E-state index contributed by atoms with van der Waals surface area (Å²) in [6.45, 7) is 3.55. The summed E-state index contributed by atoms with van der Waals surface area (Å²) in [4.78, 5) is 29.9. The molecule has 142 valence electrons. The molecule has 1 amide bonds. The van der Waals surface area contributed by atoms with Crippen LogP contribution in [0, 0.1) is 5.92 Å². The van der Waals surface area contributed by atoms with E-state index in [0.29, 0.717) is 5.82 Å². The van der Waals surface area contributed by atoms with E-state index >= 15 is 0 Å². The standard InChI is InChI=1S/C20H26N6O/c27-19(16-5-2-1-3-6-16)24-18-8-7-17(15-23-18)25-11-13-26(14-12-25)20-21-9-4-10-22-20/h4,7-10,15-16H,1-3,5-6,11-14H2,(H,23,24,27). The molecule has 0 bridgehead atoms. The molecule has 0 radical (unpaired) electrons. The van der Waals surface area contributed by atoms with Crippen LogP contribution in [0.25, 0.3) is 0 Å². The lowest BCUT2D eigenvalue weighted by atomic mass is 9.89. The van der Waals surface area contributed by atoms with Gasteiger partial charge in [-0.15, -0.1) is 0 Å². The molecule has 2 aromatic rings. The molecule has 27 heavy (non-hydrogen) atoms. The molecule has 0 aromatic carbocycles. The number of carbonyl (C=O) groups excluding carboxylic acids is 1. The number of nitrogens with one attached hydrogen (secondary N) is 1. The maximum atomic E-state index is 12.3.